The average molecular weight is 642 g/mol. The van der Waals surface area contributed by atoms with Gasteiger partial charge in [-0.05, 0) is 50.1 Å². The number of nitrogens with zero attached hydrogens (tertiary/aromatic N) is 2. The fourth-order valence-corrected chi connectivity index (χ4v) is 8.20. The molecule has 14 heteroatoms. The molecule has 236 valence electrons. The zero-order valence-corrected chi connectivity index (χ0v) is 30.0. The zero-order valence-electron chi connectivity index (χ0n) is 27.2. The summed E-state index contributed by atoms with van der Waals surface area (Å²) < 4.78 is 55.2. The Balaban J connectivity index is 2.39. The maximum absolute atomic E-state index is 13.5. The van der Waals surface area contributed by atoms with Gasteiger partial charge in [-0.15, -0.1) is 5.92 Å². The number of nitrogens with two attached hydrogens (primary N) is 1. The molecule has 2 aliphatic heterocycles. The van der Waals surface area contributed by atoms with Crippen LogP contribution in [0.4, 0.5) is 0 Å². The van der Waals surface area contributed by atoms with Gasteiger partial charge in [0.05, 0.1) is 12.3 Å². The number of aromatic nitrogens is 2. The first-order valence-corrected chi connectivity index (χ1v) is 21.2. The predicted molar refractivity (Wildman–Crippen MR) is 167 cm³/mol. The SMILES string of the molecule is CC#CC1=C(N)C2(OS1(=O)=O)[C@@H](CO[Si](C)(C)C(C)(C)C)O[C@@H](n1cc(C)c(=O)n(C)c1=O)[C@@H]2O[Si](C)(C)C(C)(C)C. The summed E-state index contributed by atoms with van der Waals surface area (Å²) in [7, 11) is -8.14. The molecule has 42 heavy (non-hydrogen) atoms. The third-order valence-corrected chi connectivity index (χ3v) is 19.5. The van der Waals surface area contributed by atoms with Gasteiger partial charge in [0.2, 0.25) is 0 Å². The van der Waals surface area contributed by atoms with Crippen molar-refractivity contribution in [1.29, 1.82) is 0 Å². The highest BCUT2D eigenvalue weighted by Crippen LogP contribution is 2.53. The summed E-state index contributed by atoms with van der Waals surface area (Å²) in [6.07, 6.45) is -2.10. The molecule has 1 fully saturated rings. The van der Waals surface area contributed by atoms with Crippen LogP contribution in [0.5, 0.6) is 0 Å². The number of rotatable bonds is 6. The van der Waals surface area contributed by atoms with Crippen molar-refractivity contribution in [2.75, 3.05) is 6.61 Å². The normalized spacial score (nSPS) is 26.5. The van der Waals surface area contributed by atoms with Crippen molar-refractivity contribution >= 4 is 26.8 Å². The van der Waals surface area contributed by atoms with Gasteiger partial charge in [-0.1, -0.05) is 47.5 Å². The second-order valence-electron chi connectivity index (χ2n) is 14.2. The molecule has 1 unspecified atom stereocenters. The van der Waals surface area contributed by atoms with E-state index in [0.717, 1.165) is 4.57 Å². The van der Waals surface area contributed by atoms with Gasteiger partial charge < -0.3 is 19.3 Å². The van der Waals surface area contributed by atoms with Crippen LogP contribution in [0.3, 0.4) is 0 Å². The van der Waals surface area contributed by atoms with E-state index < -0.39 is 62.0 Å². The Morgan fingerprint density at radius 3 is 2.12 bits per heavy atom. The van der Waals surface area contributed by atoms with E-state index in [9.17, 15) is 18.0 Å². The Hall–Kier alpha value is -2.00. The fourth-order valence-electron chi connectivity index (χ4n) is 4.53. The van der Waals surface area contributed by atoms with Crippen LogP contribution in [-0.4, -0.2) is 58.6 Å². The highest BCUT2D eigenvalue weighted by molar-refractivity contribution is 7.91. The van der Waals surface area contributed by atoms with Gasteiger partial charge in [0.15, 0.2) is 33.4 Å². The van der Waals surface area contributed by atoms with E-state index in [4.69, 9.17) is 23.5 Å². The van der Waals surface area contributed by atoms with Gasteiger partial charge in [0.1, 0.15) is 12.2 Å². The van der Waals surface area contributed by atoms with E-state index in [1.807, 2.05) is 33.9 Å². The molecular weight excluding hydrogens is 595 g/mol. The van der Waals surface area contributed by atoms with Crippen molar-refractivity contribution in [1.82, 2.24) is 9.13 Å². The molecule has 2 aliphatic rings. The van der Waals surface area contributed by atoms with Crippen molar-refractivity contribution in [2.24, 2.45) is 12.8 Å². The largest absolute Gasteiger partial charge is 0.414 e. The molecule has 3 rings (SSSR count). The topological polar surface area (TPSA) is 141 Å². The molecule has 3 heterocycles. The Labute approximate surface area is 251 Å². The molecule has 0 radical (unpaired) electrons. The van der Waals surface area contributed by atoms with E-state index in [1.165, 1.54) is 24.7 Å². The number of aryl methyl sites for hydroxylation is 1. The third kappa shape index (κ3) is 5.65. The van der Waals surface area contributed by atoms with Gasteiger partial charge in [-0.3, -0.25) is 13.9 Å². The molecule has 1 saturated heterocycles. The van der Waals surface area contributed by atoms with E-state index in [0.29, 0.717) is 5.56 Å². The molecule has 4 atom stereocenters. The second-order valence-corrected chi connectivity index (χ2v) is 25.2. The van der Waals surface area contributed by atoms with Gasteiger partial charge >= 0.3 is 15.8 Å². The van der Waals surface area contributed by atoms with Gasteiger partial charge in [-0.25, -0.2) is 8.98 Å². The smallest absolute Gasteiger partial charge is 0.332 e. The molecule has 0 saturated carbocycles. The summed E-state index contributed by atoms with van der Waals surface area (Å²) in [6.45, 7) is 23.5. The number of ether oxygens (including phenoxy) is 1. The van der Waals surface area contributed by atoms with Crippen molar-refractivity contribution in [3.05, 3.63) is 43.2 Å². The fraction of sp³-hybridized carbons (Fsp3) is 0.714. The molecule has 0 bridgehead atoms. The van der Waals surface area contributed by atoms with Crippen molar-refractivity contribution in [3.8, 4) is 11.8 Å². The maximum atomic E-state index is 13.5. The molecule has 1 aromatic rings. The summed E-state index contributed by atoms with van der Waals surface area (Å²) in [4.78, 5) is 25.8. The maximum Gasteiger partial charge on any atom is 0.332 e. The average Bonchev–Trinajstić information content (AvgIpc) is 3.23. The Bertz CT molecular complexity index is 1570. The van der Waals surface area contributed by atoms with Crippen molar-refractivity contribution in [2.45, 2.75) is 116 Å². The van der Waals surface area contributed by atoms with Gasteiger partial charge in [0.25, 0.3) is 5.56 Å². The second kappa shape index (κ2) is 10.9. The highest BCUT2D eigenvalue weighted by atomic mass is 32.2. The molecule has 0 aliphatic carbocycles. The van der Waals surface area contributed by atoms with Crippen LogP contribution < -0.4 is 17.0 Å². The van der Waals surface area contributed by atoms with Crippen LogP contribution in [0.1, 0.15) is 60.3 Å². The Kier molecular flexibility index (Phi) is 8.92. The van der Waals surface area contributed by atoms with Crippen LogP contribution >= 0.6 is 0 Å². The minimum Gasteiger partial charge on any atom is -0.414 e. The summed E-state index contributed by atoms with van der Waals surface area (Å²) in [5.41, 5.74) is 3.86. The molecule has 11 nitrogen and oxygen atoms in total. The summed E-state index contributed by atoms with van der Waals surface area (Å²) in [6, 6.07) is 0. The lowest BCUT2D eigenvalue weighted by Crippen LogP contribution is -2.59. The molecular formula is C28H47N3O8SSi2. The number of allylic oxidation sites excluding steroid dienone is 1. The van der Waals surface area contributed by atoms with Crippen LogP contribution in [0.15, 0.2) is 26.4 Å². The molecule has 1 aromatic heterocycles. The molecule has 0 aromatic carbocycles. The monoisotopic (exact) mass is 641 g/mol. The highest BCUT2D eigenvalue weighted by Gasteiger charge is 2.69. The van der Waals surface area contributed by atoms with E-state index in [2.05, 4.69) is 45.7 Å². The quantitative estimate of drug-likeness (QED) is 0.281. The standard InChI is InChI=1S/C28H47N3O8SSi2/c1-14-15-19-21(29)28(39-40(19,34)35)20(17-36-41(10,11)26(3,4)5)37-24(22(28)38-42(12,13)27(6,7)8)31-16-18(2)23(32)30(9)25(31)33/h16,20,22,24H,17,29H2,1-13H3/t20-,22+,24-,28?/m1/s1. The molecule has 2 N–H and O–H groups in total. The van der Waals surface area contributed by atoms with Crippen LogP contribution in [-0.2, 0) is 34.9 Å². The first-order valence-electron chi connectivity index (χ1n) is 14.0. The summed E-state index contributed by atoms with van der Waals surface area (Å²) in [5, 5.41) is -0.481. The first kappa shape index (κ1) is 34.5. The van der Waals surface area contributed by atoms with E-state index >= 15 is 0 Å². The predicted octanol–water partition coefficient (Wildman–Crippen LogP) is 3.46. The lowest BCUT2D eigenvalue weighted by Gasteiger charge is -2.43. The van der Waals surface area contributed by atoms with E-state index in [1.54, 1.807) is 6.92 Å². The zero-order chi connectivity index (χ0) is 32.4. The Morgan fingerprint density at radius 1 is 1.07 bits per heavy atom. The van der Waals surface area contributed by atoms with Gasteiger partial charge in [0, 0.05) is 18.8 Å². The first-order chi connectivity index (χ1) is 18.9. The summed E-state index contributed by atoms with van der Waals surface area (Å²) in [5.74, 6) is 5.22. The third-order valence-electron chi connectivity index (χ3n) is 9.25. The van der Waals surface area contributed by atoms with Crippen LogP contribution in [0.25, 0.3) is 0 Å². The minimum absolute atomic E-state index is 0.0765. The van der Waals surface area contributed by atoms with Crippen LogP contribution in [0.2, 0.25) is 36.3 Å². The minimum atomic E-state index is -4.42. The van der Waals surface area contributed by atoms with Gasteiger partial charge in [-0.2, -0.15) is 8.42 Å². The molecule has 0 amide bonds. The lowest BCUT2D eigenvalue weighted by atomic mass is 9.88. The van der Waals surface area contributed by atoms with Crippen LogP contribution in [0, 0.1) is 18.8 Å². The van der Waals surface area contributed by atoms with E-state index in [-0.39, 0.29) is 27.3 Å². The molecule has 1 spiro atoms. The Morgan fingerprint density at radius 2 is 1.62 bits per heavy atom. The van der Waals surface area contributed by atoms with Crippen molar-refractivity contribution < 1.29 is 26.2 Å². The lowest BCUT2D eigenvalue weighted by molar-refractivity contribution is -0.0566. The van der Waals surface area contributed by atoms with Crippen molar-refractivity contribution in [3.63, 3.8) is 0 Å². The summed E-state index contributed by atoms with van der Waals surface area (Å²) >= 11 is 0. The number of hydrogen-bond acceptors (Lipinski definition) is 9. The number of hydrogen-bond donors (Lipinski definition) is 1.